The van der Waals surface area contributed by atoms with Gasteiger partial charge in [-0.15, -0.1) is 22.7 Å². The maximum absolute atomic E-state index is 12.6. The van der Waals surface area contributed by atoms with Crippen LogP contribution in [0.25, 0.3) is 10.1 Å². The molecule has 0 unspecified atom stereocenters. The monoisotopic (exact) mass is 434 g/mol. The van der Waals surface area contributed by atoms with Gasteiger partial charge < -0.3 is 4.74 Å². The molecule has 0 radical (unpaired) electrons. The number of hydrogen-bond donors (Lipinski definition) is 1. The average Bonchev–Trinajstić information content (AvgIpc) is 3.25. The van der Waals surface area contributed by atoms with E-state index in [9.17, 15) is 4.79 Å². The molecule has 0 saturated heterocycles. The second-order valence-electron chi connectivity index (χ2n) is 5.59. The van der Waals surface area contributed by atoms with Gasteiger partial charge in [0.05, 0.1) is 10.7 Å². The van der Waals surface area contributed by atoms with Crippen molar-refractivity contribution in [2.24, 2.45) is 0 Å². The van der Waals surface area contributed by atoms with Crippen LogP contribution in [0.5, 0.6) is 5.75 Å². The lowest BCUT2D eigenvalue weighted by Gasteiger charge is -2.03. The van der Waals surface area contributed by atoms with Crippen molar-refractivity contribution in [3.8, 4) is 5.75 Å². The van der Waals surface area contributed by atoms with Crippen LogP contribution in [0.2, 0.25) is 10.0 Å². The SMILES string of the molecule is O=C(Nc1nc(COc2ccccc2)cs1)c1sc2cc(Cl)ccc2c1Cl. The minimum atomic E-state index is -0.290. The Labute approximate surface area is 173 Å². The molecular formula is C19H12Cl2N2O2S2. The summed E-state index contributed by atoms with van der Waals surface area (Å²) in [6, 6.07) is 14.9. The minimum absolute atomic E-state index is 0.290. The Morgan fingerprint density at radius 3 is 2.78 bits per heavy atom. The molecule has 0 saturated carbocycles. The third kappa shape index (κ3) is 4.09. The fourth-order valence-corrected chi connectivity index (χ4v) is 4.82. The molecule has 2 aromatic carbocycles. The zero-order chi connectivity index (χ0) is 18.8. The predicted molar refractivity (Wildman–Crippen MR) is 113 cm³/mol. The summed E-state index contributed by atoms with van der Waals surface area (Å²) in [5.74, 6) is 0.481. The standard InChI is InChI=1S/C19H12Cl2N2O2S2/c20-11-6-7-14-15(8-11)27-17(16(14)21)18(24)23-19-22-12(10-26-19)9-25-13-4-2-1-3-5-13/h1-8,10H,9H2,(H,22,23,24). The first-order chi connectivity index (χ1) is 13.1. The van der Waals surface area contributed by atoms with Gasteiger partial charge in [0, 0.05) is 20.5 Å². The number of ether oxygens (including phenoxy) is 1. The summed E-state index contributed by atoms with van der Waals surface area (Å²) in [5, 5.41) is 6.99. The van der Waals surface area contributed by atoms with E-state index in [0.717, 1.165) is 21.5 Å². The molecule has 0 spiro atoms. The number of nitrogens with zero attached hydrogens (tertiary/aromatic N) is 1. The highest BCUT2D eigenvalue weighted by atomic mass is 35.5. The van der Waals surface area contributed by atoms with Crippen LogP contribution >= 0.6 is 45.9 Å². The van der Waals surface area contributed by atoms with Crippen LogP contribution in [0.15, 0.2) is 53.9 Å². The maximum atomic E-state index is 12.6. The second kappa shape index (κ2) is 7.86. The highest BCUT2D eigenvalue weighted by Gasteiger charge is 2.18. The summed E-state index contributed by atoms with van der Waals surface area (Å²) in [7, 11) is 0. The number of thiazole rings is 1. The fourth-order valence-electron chi connectivity index (χ4n) is 2.44. The van der Waals surface area contributed by atoms with Crippen molar-refractivity contribution in [3.63, 3.8) is 0 Å². The topological polar surface area (TPSA) is 51.2 Å². The minimum Gasteiger partial charge on any atom is -0.487 e. The Kier molecular flexibility index (Phi) is 5.31. The first-order valence-electron chi connectivity index (χ1n) is 7.91. The molecule has 0 aliphatic rings. The van der Waals surface area contributed by atoms with Crippen molar-refractivity contribution in [1.82, 2.24) is 4.98 Å². The Hall–Kier alpha value is -2.12. The normalized spacial score (nSPS) is 10.9. The van der Waals surface area contributed by atoms with Crippen LogP contribution in [0.4, 0.5) is 5.13 Å². The number of hydrogen-bond acceptors (Lipinski definition) is 5. The number of benzene rings is 2. The Morgan fingerprint density at radius 2 is 1.96 bits per heavy atom. The van der Waals surface area contributed by atoms with E-state index in [4.69, 9.17) is 27.9 Å². The number of nitrogens with one attached hydrogen (secondary N) is 1. The number of halogens is 2. The number of aromatic nitrogens is 1. The number of amides is 1. The predicted octanol–water partition coefficient (Wildman–Crippen LogP) is 6.50. The number of para-hydroxylation sites is 1. The summed E-state index contributed by atoms with van der Waals surface area (Å²) in [6.07, 6.45) is 0. The van der Waals surface area contributed by atoms with E-state index >= 15 is 0 Å². The largest absolute Gasteiger partial charge is 0.487 e. The van der Waals surface area contributed by atoms with Crippen molar-refractivity contribution in [1.29, 1.82) is 0 Å². The van der Waals surface area contributed by atoms with Crippen molar-refractivity contribution in [2.75, 3.05) is 5.32 Å². The molecule has 4 aromatic rings. The van der Waals surface area contributed by atoms with Gasteiger partial charge >= 0.3 is 0 Å². The van der Waals surface area contributed by atoms with Gasteiger partial charge in [-0.3, -0.25) is 10.1 Å². The van der Waals surface area contributed by atoms with E-state index in [2.05, 4.69) is 10.3 Å². The third-order valence-corrected chi connectivity index (χ3v) is 6.40. The van der Waals surface area contributed by atoms with Crippen molar-refractivity contribution in [2.45, 2.75) is 6.61 Å². The van der Waals surface area contributed by atoms with Gasteiger partial charge in [0.25, 0.3) is 5.91 Å². The van der Waals surface area contributed by atoms with Crippen LogP contribution in [0, 0.1) is 0 Å². The molecule has 8 heteroatoms. The first kappa shape index (κ1) is 18.3. The molecule has 4 nitrogen and oxygen atoms in total. The van der Waals surface area contributed by atoms with Crippen LogP contribution in [-0.4, -0.2) is 10.9 Å². The van der Waals surface area contributed by atoms with Crippen LogP contribution < -0.4 is 10.1 Å². The second-order valence-corrected chi connectivity index (χ2v) is 8.31. The summed E-state index contributed by atoms with van der Waals surface area (Å²) in [6.45, 7) is 0.332. The van der Waals surface area contributed by atoms with E-state index in [-0.39, 0.29) is 5.91 Å². The number of fused-ring (bicyclic) bond motifs is 1. The lowest BCUT2D eigenvalue weighted by Crippen LogP contribution is -2.10. The maximum Gasteiger partial charge on any atom is 0.269 e. The number of carbonyl (C=O) groups is 1. The highest BCUT2D eigenvalue weighted by Crippen LogP contribution is 2.37. The highest BCUT2D eigenvalue weighted by molar-refractivity contribution is 7.22. The van der Waals surface area contributed by atoms with Crippen LogP contribution in [-0.2, 0) is 6.61 Å². The van der Waals surface area contributed by atoms with Gasteiger partial charge in [-0.25, -0.2) is 4.98 Å². The van der Waals surface area contributed by atoms with Gasteiger partial charge in [0.15, 0.2) is 5.13 Å². The van der Waals surface area contributed by atoms with Crippen LogP contribution in [0.3, 0.4) is 0 Å². The molecule has 136 valence electrons. The molecule has 1 N–H and O–H groups in total. The number of rotatable bonds is 5. The zero-order valence-electron chi connectivity index (χ0n) is 13.7. The van der Waals surface area contributed by atoms with Gasteiger partial charge in [-0.2, -0.15) is 0 Å². The lowest BCUT2D eigenvalue weighted by molar-refractivity contribution is 0.103. The molecule has 1 amide bonds. The molecule has 0 aliphatic carbocycles. The van der Waals surface area contributed by atoms with E-state index in [0.29, 0.717) is 26.7 Å². The number of anilines is 1. The molecule has 0 bridgehead atoms. The van der Waals surface area contributed by atoms with Gasteiger partial charge in [-0.05, 0) is 24.3 Å². The quantitative estimate of drug-likeness (QED) is 0.390. The zero-order valence-corrected chi connectivity index (χ0v) is 16.9. The Morgan fingerprint density at radius 1 is 1.15 bits per heavy atom. The molecule has 2 heterocycles. The molecule has 4 rings (SSSR count). The first-order valence-corrected chi connectivity index (χ1v) is 10.4. The van der Waals surface area contributed by atoms with E-state index in [1.165, 1.54) is 22.7 Å². The summed E-state index contributed by atoms with van der Waals surface area (Å²) in [4.78, 5) is 17.4. The lowest BCUT2D eigenvalue weighted by atomic mass is 10.2. The van der Waals surface area contributed by atoms with E-state index < -0.39 is 0 Å². The van der Waals surface area contributed by atoms with Crippen molar-refractivity contribution < 1.29 is 9.53 Å². The smallest absolute Gasteiger partial charge is 0.269 e. The summed E-state index contributed by atoms with van der Waals surface area (Å²) < 4.78 is 6.53. The summed E-state index contributed by atoms with van der Waals surface area (Å²) >= 11 is 15.0. The van der Waals surface area contributed by atoms with Crippen LogP contribution in [0.1, 0.15) is 15.4 Å². The molecule has 27 heavy (non-hydrogen) atoms. The molecule has 0 aliphatic heterocycles. The molecule has 2 aromatic heterocycles. The fraction of sp³-hybridized carbons (Fsp3) is 0.0526. The molecular weight excluding hydrogens is 423 g/mol. The van der Waals surface area contributed by atoms with Crippen molar-refractivity contribution >= 4 is 67.0 Å². The molecule has 0 fully saturated rings. The number of thiophene rings is 1. The van der Waals surface area contributed by atoms with E-state index in [1.807, 2.05) is 41.8 Å². The Balaban J connectivity index is 1.46. The summed E-state index contributed by atoms with van der Waals surface area (Å²) in [5.41, 5.74) is 0.744. The average molecular weight is 435 g/mol. The van der Waals surface area contributed by atoms with Gasteiger partial charge in [0.2, 0.25) is 0 Å². The van der Waals surface area contributed by atoms with Crippen molar-refractivity contribution in [3.05, 3.63) is 74.5 Å². The Bertz CT molecular complexity index is 1110. The van der Waals surface area contributed by atoms with E-state index in [1.54, 1.807) is 12.1 Å². The number of carbonyl (C=O) groups excluding carboxylic acids is 1. The molecule has 0 atom stereocenters. The van der Waals surface area contributed by atoms with Gasteiger partial charge in [-0.1, -0.05) is 47.5 Å². The third-order valence-electron chi connectivity index (χ3n) is 3.70. The van der Waals surface area contributed by atoms with Gasteiger partial charge in [0.1, 0.15) is 17.2 Å².